The Morgan fingerprint density at radius 2 is 1.67 bits per heavy atom. The van der Waals surface area contributed by atoms with Crippen molar-refractivity contribution >= 4 is 45.2 Å². The highest BCUT2D eigenvalue weighted by Gasteiger charge is 2.55. The molecule has 1 atom stereocenters. The van der Waals surface area contributed by atoms with Gasteiger partial charge in [0.2, 0.25) is 5.91 Å². The lowest BCUT2D eigenvalue weighted by Gasteiger charge is -2.48. The van der Waals surface area contributed by atoms with E-state index in [9.17, 15) is 9.59 Å². The van der Waals surface area contributed by atoms with E-state index in [-0.39, 0.29) is 18.2 Å². The summed E-state index contributed by atoms with van der Waals surface area (Å²) in [5.41, 5.74) is 2.27. The molecule has 0 saturated carbocycles. The largest absolute Gasteiger partial charge is 0.323 e. The van der Waals surface area contributed by atoms with Crippen LogP contribution in [0.2, 0.25) is 0 Å². The lowest BCUT2D eigenvalue weighted by atomic mass is 9.81. The molecule has 150 valence electrons. The third-order valence-corrected chi connectivity index (χ3v) is 5.82. The standard InChI is InChI=1S/C25H21BrN2O2/c1-18-7-5-6-10-22(18)27-24(30)25(16-15-19-8-3-2-4-9-19)17-23(29)28(25)21-13-11-20(26)12-14-21/h2-16H,17H2,1H3,(H,27,30)/b16-15+. The first-order valence-electron chi connectivity index (χ1n) is 9.70. The van der Waals surface area contributed by atoms with Crippen LogP contribution in [-0.4, -0.2) is 17.4 Å². The van der Waals surface area contributed by atoms with Gasteiger partial charge in [-0.2, -0.15) is 0 Å². The van der Waals surface area contributed by atoms with Gasteiger partial charge in [-0.3, -0.25) is 14.5 Å². The minimum atomic E-state index is -1.09. The SMILES string of the molecule is Cc1ccccc1NC(=O)C1(/C=C/c2ccccc2)CC(=O)N1c1ccc(Br)cc1. The quantitative estimate of drug-likeness (QED) is 0.504. The Balaban J connectivity index is 1.74. The second kappa shape index (κ2) is 8.28. The van der Waals surface area contributed by atoms with E-state index in [1.54, 1.807) is 4.90 Å². The minimum Gasteiger partial charge on any atom is -0.323 e. The van der Waals surface area contributed by atoms with Gasteiger partial charge in [0, 0.05) is 15.8 Å². The number of halogens is 1. The van der Waals surface area contributed by atoms with Crippen LogP contribution in [0.5, 0.6) is 0 Å². The number of nitrogens with one attached hydrogen (secondary N) is 1. The van der Waals surface area contributed by atoms with E-state index in [1.807, 2.05) is 97.9 Å². The number of hydrogen-bond donors (Lipinski definition) is 1. The van der Waals surface area contributed by atoms with Crippen LogP contribution in [-0.2, 0) is 9.59 Å². The molecule has 5 heteroatoms. The van der Waals surface area contributed by atoms with Gasteiger partial charge < -0.3 is 5.32 Å². The smallest absolute Gasteiger partial charge is 0.255 e. The molecule has 1 N–H and O–H groups in total. The van der Waals surface area contributed by atoms with E-state index < -0.39 is 5.54 Å². The Morgan fingerprint density at radius 3 is 2.33 bits per heavy atom. The lowest BCUT2D eigenvalue weighted by Crippen LogP contribution is -2.68. The number of amides is 2. The van der Waals surface area contributed by atoms with Gasteiger partial charge >= 0.3 is 0 Å². The Bertz CT molecular complexity index is 1110. The first kappa shape index (κ1) is 20.1. The number of rotatable bonds is 5. The zero-order valence-electron chi connectivity index (χ0n) is 16.5. The Kier molecular flexibility index (Phi) is 5.55. The first-order valence-corrected chi connectivity index (χ1v) is 10.5. The molecule has 2 amide bonds. The Hall–Kier alpha value is -3.18. The van der Waals surface area contributed by atoms with Crippen molar-refractivity contribution in [2.75, 3.05) is 10.2 Å². The fourth-order valence-electron chi connectivity index (χ4n) is 3.62. The van der Waals surface area contributed by atoms with Gasteiger partial charge in [-0.25, -0.2) is 0 Å². The number of carbonyl (C=O) groups excluding carboxylic acids is 2. The fraction of sp³-hybridized carbons (Fsp3) is 0.120. The molecule has 0 aliphatic carbocycles. The third-order valence-electron chi connectivity index (χ3n) is 5.29. The number of carbonyl (C=O) groups is 2. The van der Waals surface area contributed by atoms with Crippen molar-refractivity contribution in [1.29, 1.82) is 0 Å². The fourth-order valence-corrected chi connectivity index (χ4v) is 3.88. The molecule has 1 aliphatic rings. The summed E-state index contributed by atoms with van der Waals surface area (Å²) in [7, 11) is 0. The zero-order valence-corrected chi connectivity index (χ0v) is 18.1. The highest BCUT2D eigenvalue weighted by molar-refractivity contribution is 9.10. The summed E-state index contributed by atoms with van der Waals surface area (Å²) < 4.78 is 0.911. The number of β-lactam (4-membered cyclic amide) rings is 1. The Morgan fingerprint density at radius 1 is 1.00 bits per heavy atom. The maximum absolute atomic E-state index is 13.5. The molecule has 0 aromatic heterocycles. The van der Waals surface area contributed by atoms with Gasteiger partial charge in [0.25, 0.3) is 5.91 Å². The van der Waals surface area contributed by atoms with Crippen LogP contribution in [0, 0.1) is 6.92 Å². The Labute approximate surface area is 184 Å². The van der Waals surface area contributed by atoms with Crippen molar-refractivity contribution < 1.29 is 9.59 Å². The number of anilines is 2. The first-order chi connectivity index (χ1) is 14.5. The van der Waals surface area contributed by atoms with Crippen LogP contribution in [0.4, 0.5) is 11.4 Å². The third kappa shape index (κ3) is 3.81. The normalized spacial score (nSPS) is 18.3. The summed E-state index contributed by atoms with van der Waals surface area (Å²) in [5.74, 6) is -0.318. The summed E-state index contributed by atoms with van der Waals surface area (Å²) in [6, 6.07) is 24.8. The van der Waals surface area contributed by atoms with Crippen molar-refractivity contribution in [3.63, 3.8) is 0 Å². The maximum atomic E-state index is 13.5. The molecule has 1 saturated heterocycles. The molecule has 1 unspecified atom stereocenters. The molecule has 0 radical (unpaired) electrons. The molecule has 30 heavy (non-hydrogen) atoms. The molecule has 3 aromatic rings. The number of nitrogens with zero attached hydrogens (tertiary/aromatic N) is 1. The molecule has 1 fully saturated rings. The van der Waals surface area contributed by atoms with Gasteiger partial charge in [0.05, 0.1) is 6.42 Å². The van der Waals surface area contributed by atoms with Crippen LogP contribution in [0.25, 0.3) is 6.08 Å². The van der Waals surface area contributed by atoms with Gasteiger partial charge in [-0.05, 0) is 54.5 Å². The van der Waals surface area contributed by atoms with E-state index >= 15 is 0 Å². The van der Waals surface area contributed by atoms with Crippen molar-refractivity contribution in [3.8, 4) is 0 Å². The summed E-state index contributed by atoms with van der Waals surface area (Å²) in [5, 5.41) is 3.03. The zero-order chi connectivity index (χ0) is 21.1. The van der Waals surface area contributed by atoms with Crippen LogP contribution >= 0.6 is 15.9 Å². The monoisotopic (exact) mass is 460 g/mol. The average molecular weight is 461 g/mol. The highest BCUT2D eigenvalue weighted by Crippen LogP contribution is 2.40. The van der Waals surface area contributed by atoms with Crippen LogP contribution in [0.15, 0.2) is 89.4 Å². The minimum absolute atomic E-state index is 0.0880. The van der Waals surface area contributed by atoms with Crippen molar-refractivity contribution in [2.45, 2.75) is 18.9 Å². The van der Waals surface area contributed by atoms with Crippen molar-refractivity contribution in [2.24, 2.45) is 0 Å². The van der Waals surface area contributed by atoms with E-state index in [1.165, 1.54) is 0 Å². The maximum Gasteiger partial charge on any atom is 0.255 e. The molecule has 0 spiro atoms. The topological polar surface area (TPSA) is 49.4 Å². The molecule has 3 aromatic carbocycles. The second-order valence-electron chi connectivity index (χ2n) is 7.32. The van der Waals surface area contributed by atoms with Crippen LogP contribution < -0.4 is 10.2 Å². The van der Waals surface area contributed by atoms with E-state index in [0.29, 0.717) is 5.69 Å². The van der Waals surface area contributed by atoms with E-state index in [0.717, 1.165) is 21.3 Å². The summed E-state index contributed by atoms with van der Waals surface area (Å²) in [6.45, 7) is 1.94. The molecule has 4 nitrogen and oxygen atoms in total. The van der Waals surface area contributed by atoms with Crippen LogP contribution in [0.3, 0.4) is 0 Å². The summed E-state index contributed by atoms with van der Waals surface area (Å²) in [6.07, 6.45) is 3.85. The number of hydrogen-bond acceptors (Lipinski definition) is 2. The van der Waals surface area contributed by atoms with Crippen LogP contribution in [0.1, 0.15) is 17.5 Å². The number of aryl methyl sites for hydroxylation is 1. The summed E-state index contributed by atoms with van der Waals surface area (Å²) >= 11 is 3.42. The van der Waals surface area contributed by atoms with E-state index in [4.69, 9.17) is 0 Å². The average Bonchev–Trinajstić information content (AvgIpc) is 2.74. The molecular formula is C25H21BrN2O2. The lowest BCUT2D eigenvalue weighted by molar-refractivity contribution is -0.134. The van der Waals surface area contributed by atoms with Crippen molar-refractivity contribution in [3.05, 3.63) is 101 Å². The number of benzene rings is 3. The highest BCUT2D eigenvalue weighted by atomic mass is 79.9. The molecular weight excluding hydrogens is 440 g/mol. The van der Waals surface area contributed by atoms with E-state index in [2.05, 4.69) is 21.2 Å². The second-order valence-corrected chi connectivity index (χ2v) is 8.24. The van der Waals surface area contributed by atoms with Gasteiger partial charge in [-0.15, -0.1) is 0 Å². The molecule has 1 heterocycles. The molecule has 1 aliphatic heterocycles. The van der Waals surface area contributed by atoms with Gasteiger partial charge in [0.1, 0.15) is 0 Å². The predicted molar refractivity (Wildman–Crippen MR) is 124 cm³/mol. The number of para-hydroxylation sites is 1. The van der Waals surface area contributed by atoms with Gasteiger partial charge in [-0.1, -0.05) is 70.5 Å². The van der Waals surface area contributed by atoms with Gasteiger partial charge in [0.15, 0.2) is 5.54 Å². The predicted octanol–water partition coefficient (Wildman–Crippen LogP) is 5.59. The summed E-state index contributed by atoms with van der Waals surface area (Å²) in [4.78, 5) is 27.8. The molecule has 0 bridgehead atoms. The molecule has 4 rings (SSSR count). The van der Waals surface area contributed by atoms with Crippen molar-refractivity contribution in [1.82, 2.24) is 0 Å².